The van der Waals surface area contributed by atoms with Crippen LogP contribution in [0.2, 0.25) is 0 Å². The predicted molar refractivity (Wildman–Crippen MR) is 107 cm³/mol. The molecule has 2 N–H and O–H groups in total. The molecule has 2 aromatic rings. The van der Waals surface area contributed by atoms with E-state index in [1.165, 1.54) is 16.7 Å². The second-order valence-electron chi connectivity index (χ2n) is 8.19. The topological polar surface area (TPSA) is 95.7 Å². The molecule has 7 nitrogen and oxygen atoms in total. The van der Waals surface area contributed by atoms with Gasteiger partial charge in [0.05, 0.1) is 0 Å². The summed E-state index contributed by atoms with van der Waals surface area (Å²) in [5.41, 5.74) is 2.39. The van der Waals surface area contributed by atoms with Gasteiger partial charge in [-0.05, 0) is 34.6 Å². The lowest BCUT2D eigenvalue weighted by atomic mass is 9.85. The summed E-state index contributed by atoms with van der Waals surface area (Å²) < 4.78 is 4.97. The predicted octanol–water partition coefficient (Wildman–Crippen LogP) is 3.28. The molecular formula is C20H23N3O4S. The number of β-lactam (4-membered cyclic amide) rings is 1. The maximum atomic E-state index is 13.0. The van der Waals surface area contributed by atoms with Gasteiger partial charge in [-0.1, -0.05) is 35.0 Å². The summed E-state index contributed by atoms with van der Waals surface area (Å²) in [5.74, 6) is -0.627. The number of carboxylic acid groups (broad SMARTS) is 1. The SMILES string of the molecule is Cc1ccc(-c2onc(C)c2NC2(C)C(=O)N3[C@@H](C(=O)O)C(C)(C)S[C@@H]32)cc1. The quantitative estimate of drug-likeness (QED) is 0.759. The minimum Gasteiger partial charge on any atom is -0.480 e. The summed E-state index contributed by atoms with van der Waals surface area (Å²) in [5, 5.41) is 16.8. The Labute approximate surface area is 167 Å². The van der Waals surface area contributed by atoms with E-state index in [0.29, 0.717) is 17.1 Å². The number of carbonyl (C=O) groups excluding carboxylic acids is 1. The van der Waals surface area contributed by atoms with E-state index < -0.39 is 22.3 Å². The molecule has 0 radical (unpaired) electrons. The normalized spacial score (nSPS) is 28.0. The van der Waals surface area contributed by atoms with Gasteiger partial charge in [0.2, 0.25) is 0 Å². The van der Waals surface area contributed by atoms with Crippen molar-refractivity contribution in [1.29, 1.82) is 0 Å². The van der Waals surface area contributed by atoms with Crippen LogP contribution < -0.4 is 5.32 Å². The second kappa shape index (κ2) is 6.01. The van der Waals surface area contributed by atoms with Crippen LogP contribution in [0.4, 0.5) is 5.69 Å². The molecule has 3 atom stereocenters. The molecule has 28 heavy (non-hydrogen) atoms. The van der Waals surface area contributed by atoms with Gasteiger partial charge >= 0.3 is 5.97 Å². The average Bonchev–Trinajstić information content (AvgIpc) is 3.11. The van der Waals surface area contributed by atoms with Crippen LogP contribution in [-0.4, -0.2) is 48.7 Å². The van der Waals surface area contributed by atoms with Crippen molar-refractivity contribution in [3.8, 4) is 11.3 Å². The summed E-state index contributed by atoms with van der Waals surface area (Å²) in [6, 6.07) is 7.03. The van der Waals surface area contributed by atoms with Crippen LogP contribution in [0.1, 0.15) is 32.0 Å². The Balaban J connectivity index is 1.68. The Hall–Kier alpha value is -2.48. The van der Waals surface area contributed by atoms with Crippen molar-refractivity contribution in [2.75, 3.05) is 5.32 Å². The number of hydrogen-bond donors (Lipinski definition) is 2. The molecule has 8 heteroatoms. The number of hydrogen-bond acceptors (Lipinski definition) is 6. The molecule has 1 amide bonds. The van der Waals surface area contributed by atoms with E-state index in [1.54, 1.807) is 0 Å². The number of nitrogens with zero attached hydrogens (tertiary/aromatic N) is 2. The number of benzene rings is 1. The number of fused-ring (bicyclic) bond motifs is 1. The number of carbonyl (C=O) groups is 2. The highest BCUT2D eigenvalue weighted by atomic mass is 32.2. The second-order valence-corrected chi connectivity index (χ2v) is 9.93. The third-order valence-electron chi connectivity index (χ3n) is 5.57. The Morgan fingerprint density at radius 2 is 1.89 bits per heavy atom. The maximum Gasteiger partial charge on any atom is 0.327 e. The number of carboxylic acids is 1. The van der Waals surface area contributed by atoms with Crippen molar-refractivity contribution < 1.29 is 19.2 Å². The highest BCUT2D eigenvalue weighted by Crippen LogP contribution is 2.56. The lowest BCUT2D eigenvalue weighted by molar-refractivity contribution is -0.163. The molecule has 2 aliphatic heterocycles. The number of thioether (sulfide) groups is 1. The Kier molecular flexibility index (Phi) is 4.05. The fourth-order valence-corrected chi connectivity index (χ4v) is 5.66. The Bertz CT molecular complexity index is 968. The molecule has 3 heterocycles. The van der Waals surface area contributed by atoms with Gasteiger partial charge in [0, 0.05) is 10.3 Å². The van der Waals surface area contributed by atoms with E-state index in [2.05, 4.69) is 10.5 Å². The zero-order valence-electron chi connectivity index (χ0n) is 16.4. The van der Waals surface area contributed by atoms with Gasteiger partial charge in [-0.3, -0.25) is 4.79 Å². The number of aliphatic carboxylic acids is 1. The van der Waals surface area contributed by atoms with E-state index in [9.17, 15) is 14.7 Å². The molecule has 2 saturated heterocycles. The molecule has 0 bridgehead atoms. The number of nitrogens with one attached hydrogen (secondary N) is 1. The van der Waals surface area contributed by atoms with Gasteiger partial charge in [-0.15, -0.1) is 11.8 Å². The number of aromatic nitrogens is 1. The smallest absolute Gasteiger partial charge is 0.327 e. The van der Waals surface area contributed by atoms with E-state index >= 15 is 0 Å². The minimum atomic E-state index is -0.975. The van der Waals surface area contributed by atoms with Gasteiger partial charge in [-0.2, -0.15) is 0 Å². The minimum absolute atomic E-state index is 0.224. The number of anilines is 1. The molecule has 1 aromatic carbocycles. The van der Waals surface area contributed by atoms with Gasteiger partial charge in [0.25, 0.3) is 5.91 Å². The number of aryl methyl sites for hydroxylation is 2. The summed E-state index contributed by atoms with van der Waals surface area (Å²) >= 11 is 1.51. The van der Waals surface area contributed by atoms with Crippen molar-refractivity contribution in [2.45, 2.75) is 56.3 Å². The number of rotatable bonds is 4. The van der Waals surface area contributed by atoms with Crippen LogP contribution in [0.3, 0.4) is 0 Å². The fourth-order valence-electron chi connectivity index (χ4n) is 4.02. The molecule has 1 unspecified atom stereocenters. The first-order valence-electron chi connectivity index (χ1n) is 9.11. The van der Waals surface area contributed by atoms with Crippen LogP contribution in [0.5, 0.6) is 0 Å². The molecule has 0 spiro atoms. The molecule has 2 fully saturated rings. The number of amides is 1. The Morgan fingerprint density at radius 3 is 2.50 bits per heavy atom. The van der Waals surface area contributed by atoms with Gasteiger partial charge in [-0.25, -0.2) is 4.79 Å². The molecule has 148 valence electrons. The largest absolute Gasteiger partial charge is 0.480 e. The van der Waals surface area contributed by atoms with Crippen molar-refractivity contribution >= 4 is 29.3 Å². The van der Waals surface area contributed by atoms with Gasteiger partial charge in [0.15, 0.2) is 5.76 Å². The van der Waals surface area contributed by atoms with Gasteiger partial charge < -0.3 is 19.8 Å². The van der Waals surface area contributed by atoms with Crippen molar-refractivity contribution in [2.24, 2.45) is 0 Å². The van der Waals surface area contributed by atoms with Crippen LogP contribution in [0.25, 0.3) is 11.3 Å². The summed E-state index contributed by atoms with van der Waals surface area (Å²) in [7, 11) is 0. The third kappa shape index (κ3) is 2.54. The first-order valence-corrected chi connectivity index (χ1v) is 9.99. The third-order valence-corrected chi connectivity index (χ3v) is 7.32. The highest BCUT2D eigenvalue weighted by molar-refractivity contribution is 8.01. The standard InChI is InChI=1S/C20H23N3O4S/c1-10-6-8-12(9-7-10)14-13(11(2)22-27-14)21-20(5)17(26)23-15(16(24)25)19(3,4)28-18(20)23/h6-9,15,18,21H,1-5H3,(H,24,25)/t15-,18+,20?/m0/s1. The first kappa shape index (κ1) is 18.9. The fraction of sp³-hybridized carbons (Fsp3) is 0.450. The Morgan fingerprint density at radius 1 is 1.25 bits per heavy atom. The lowest BCUT2D eigenvalue weighted by Crippen LogP contribution is -2.75. The summed E-state index contributed by atoms with van der Waals surface area (Å²) in [6.45, 7) is 9.37. The first-order chi connectivity index (χ1) is 13.1. The highest BCUT2D eigenvalue weighted by Gasteiger charge is 2.69. The summed E-state index contributed by atoms with van der Waals surface area (Å²) in [6.07, 6.45) is 0. The molecule has 0 aliphatic carbocycles. The molecular weight excluding hydrogens is 378 g/mol. The lowest BCUT2D eigenvalue weighted by Gasteiger charge is -2.51. The maximum absolute atomic E-state index is 13.0. The molecule has 2 aliphatic rings. The zero-order valence-corrected chi connectivity index (χ0v) is 17.3. The van der Waals surface area contributed by atoms with Crippen LogP contribution in [0.15, 0.2) is 28.8 Å². The van der Waals surface area contributed by atoms with Crippen LogP contribution in [0, 0.1) is 13.8 Å². The van der Waals surface area contributed by atoms with Crippen molar-refractivity contribution in [3.63, 3.8) is 0 Å². The van der Waals surface area contributed by atoms with Crippen molar-refractivity contribution in [3.05, 3.63) is 35.5 Å². The average molecular weight is 401 g/mol. The van der Waals surface area contributed by atoms with Crippen LogP contribution >= 0.6 is 11.8 Å². The van der Waals surface area contributed by atoms with E-state index in [-0.39, 0.29) is 11.3 Å². The summed E-state index contributed by atoms with van der Waals surface area (Å²) in [4.78, 5) is 26.3. The molecule has 4 rings (SSSR count). The molecule has 1 aromatic heterocycles. The van der Waals surface area contributed by atoms with Crippen LogP contribution in [-0.2, 0) is 9.59 Å². The molecule has 0 saturated carbocycles. The van der Waals surface area contributed by atoms with E-state index in [0.717, 1.165) is 11.1 Å². The van der Waals surface area contributed by atoms with Gasteiger partial charge in [0.1, 0.15) is 28.3 Å². The van der Waals surface area contributed by atoms with E-state index in [4.69, 9.17) is 4.52 Å². The zero-order chi connectivity index (χ0) is 20.4. The van der Waals surface area contributed by atoms with E-state index in [1.807, 2.05) is 58.9 Å². The van der Waals surface area contributed by atoms with Crippen molar-refractivity contribution in [1.82, 2.24) is 10.1 Å². The monoisotopic (exact) mass is 401 g/mol.